The molecule has 0 unspecified atom stereocenters. The number of primary amides is 1. The number of nitrogens with one attached hydrogen (secondary N) is 1. The Balaban J connectivity index is 1.70. The standard InChI is InChI=1S/C25H31N3O4/c1-4-6-19-14-20(15-22(31-2)23(19)32-3)25(30)27-21-8-5-7-17(13-21)16-28-11-9-18(10-12-28)24(26)29/h4-5,7-8,13-15,18H,1,6,9-12,16H2,2-3H3,(H2,26,29)(H,27,30). The van der Waals surface area contributed by atoms with Gasteiger partial charge in [-0.2, -0.15) is 0 Å². The third-order valence-corrected chi connectivity index (χ3v) is 5.76. The highest BCUT2D eigenvalue weighted by Crippen LogP contribution is 2.33. The number of anilines is 1. The number of nitrogens with zero attached hydrogens (tertiary/aromatic N) is 1. The summed E-state index contributed by atoms with van der Waals surface area (Å²) in [6.45, 7) is 6.21. The molecule has 0 spiro atoms. The Hall–Kier alpha value is -3.32. The number of methoxy groups -OCH3 is 2. The third kappa shape index (κ3) is 5.68. The van der Waals surface area contributed by atoms with Crippen molar-refractivity contribution in [3.63, 3.8) is 0 Å². The lowest BCUT2D eigenvalue weighted by Gasteiger charge is -2.30. The predicted molar refractivity (Wildman–Crippen MR) is 125 cm³/mol. The Bertz CT molecular complexity index is 981. The van der Waals surface area contributed by atoms with Gasteiger partial charge in [-0.1, -0.05) is 18.2 Å². The smallest absolute Gasteiger partial charge is 0.255 e. The van der Waals surface area contributed by atoms with Crippen molar-refractivity contribution in [3.05, 3.63) is 65.7 Å². The van der Waals surface area contributed by atoms with E-state index in [-0.39, 0.29) is 17.7 Å². The second kappa shape index (κ2) is 10.8. The molecule has 0 aliphatic carbocycles. The fraction of sp³-hybridized carbons (Fsp3) is 0.360. The Morgan fingerprint density at radius 1 is 1.19 bits per heavy atom. The van der Waals surface area contributed by atoms with Gasteiger partial charge in [-0.05, 0) is 62.2 Å². The molecule has 7 nitrogen and oxygen atoms in total. The van der Waals surface area contributed by atoms with Crippen LogP contribution in [0.5, 0.6) is 11.5 Å². The lowest BCUT2D eigenvalue weighted by atomic mass is 9.96. The molecule has 0 aromatic heterocycles. The highest BCUT2D eigenvalue weighted by Gasteiger charge is 2.23. The van der Waals surface area contributed by atoms with Crippen LogP contribution in [0.3, 0.4) is 0 Å². The number of rotatable bonds is 9. The van der Waals surface area contributed by atoms with Gasteiger partial charge in [0.15, 0.2) is 11.5 Å². The van der Waals surface area contributed by atoms with Crippen molar-refractivity contribution in [2.45, 2.75) is 25.8 Å². The van der Waals surface area contributed by atoms with E-state index < -0.39 is 0 Å². The van der Waals surface area contributed by atoms with Crippen LogP contribution in [-0.4, -0.2) is 44.0 Å². The maximum atomic E-state index is 13.0. The fourth-order valence-electron chi connectivity index (χ4n) is 4.07. The van der Waals surface area contributed by atoms with Gasteiger partial charge in [0.1, 0.15) is 0 Å². The summed E-state index contributed by atoms with van der Waals surface area (Å²) in [7, 11) is 3.12. The molecule has 1 aliphatic rings. The number of carbonyl (C=O) groups is 2. The molecule has 1 heterocycles. The van der Waals surface area contributed by atoms with Crippen LogP contribution in [0.4, 0.5) is 5.69 Å². The van der Waals surface area contributed by atoms with E-state index in [0.29, 0.717) is 23.5 Å². The minimum Gasteiger partial charge on any atom is -0.493 e. The maximum Gasteiger partial charge on any atom is 0.255 e. The van der Waals surface area contributed by atoms with Crippen LogP contribution in [-0.2, 0) is 17.8 Å². The molecule has 32 heavy (non-hydrogen) atoms. The number of amides is 2. The number of ether oxygens (including phenoxy) is 2. The Kier molecular flexibility index (Phi) is 7.89. The number of piperidine rings is 1. The van der Waals surface area contributed by atoms with Gasteiger partial charge in [0, 0.05) is 29.3 Å². The SMILES string of the molecule is C=CCc1cc(C(=O)Nc2cccc(CN3CCC(C(N)=O)CC3)c2)cc(OC)c1OC. The summed E-state index contributed by atoms with van der Waals surface area (Å²) in [6.07, 6.45) is 3.90. The highest BCUT2D eigenvalue weighted by atomic mass is 16.5. The second-order valence-corrected chi connectivity index (χ2v) is 7.97. The van der Waals surface area contributed by atoms with E-state index >= 15 is 0 Å². The average Bonchev–Trinajstić information content (AvgIpc) is 2.79. The molecule has 1 aliphatic heterocycles. The summed E-state index contributed by atoms with van der Waals surface area (Å²) in [6, 6.07) is 11.3. The molecule has 170 valence electrons. The van der Waals surface area contributed by atoms with E-state index in [9.17, 15) is 9.59 Å². The topological polar surface area (TPSA) is 93.9 Å². The average molecular weight is 438 g/mol. The molecule has 3 rings (SSSR count). The quantitative estimate of drug-likeness (QED) is 0.587. The predicted octanol–water partition coefficient (Wildman–Crippen LogP) is 3.38. The molecule has 2 aromatic carbocycles. The second-order valence-electron chi connectivity index (χ2n) is 7.97. The van der Waals surface area contributed by atoms with Crippen LogP contribution < -0.4 is 20.5 Å². The zero-order valence-electron chi connectivity index (χ0n) is 18.7. The van der Waals surface area contributed by atoms with E-state index in [0.717, 1.165) is 49.3 Å². The molecule has 1 saturated heterocycles. The molecule has 0 saturated carbocycles. The molecule has 0 bridgehead atoms. The number of benzene rings is 2. The molecule has 7 heteroatoms. The van der Waals surface area contributed by atoms with Crippen LogP contribution in [0, 0.1) is 5.92 Å². The Morgan fingerprint density at radius 2 is 1.94 bits per heavy atom. The number of hydrogen-bond donors (Lipinski definition) is 2. The fourth-order valence-corrected chi connectivity index (χ4v) is 4.07. The molecular weight excluding hydrogens is 406 g/mol. The van der Waals surface area contributed by atoms with Crippen molar-refractivity contribution in [2.75, 3.05) is 32.6 Å². The van der Waals surface area contributed by atoms with Crippen molar-refractivity contribution >= 4 is 17.5 Å². The van der Waals surface area contributed by atoms with Gasteiger partial charge in [0.2, 0.25) is 5.91 Å². The van der Waals surface area contributed by atoms with Crippen LogP contribution in [0.15, 0.2) is 49.1 Å². The highest BCUT2D eigenvalue weighted by molar-refractivity contribution is 6.05. The molecule has 2 aromatic rings. The van der Waals surface area contributed by atoms with Crippen LogP contribution in [0.2, 0.25) is 0 Å². The summed E-state index contributed by atoms with van der Waals surface area (Å²) >= 11 is 0. The van der Waals surface area contributed by atoms with Gasteiger partial charge >= 0.3 is 0 Å². The summed E-state index contributed by atoms with van der Waals surface area (Å²) in [5.41, 5.74) is 8.56. The normalized spacial score (nSPS) is 14.6. The number of carbonyl (C=O) groups excluding carboxylic acids is 2. The van der Waals surface area contributed by atoms with E-state index in [2.05, 4.69) is 16.8 Å². The molecule has 3 N–H and O–H groups in total. The van der Waals surface area contributed by atoms with Gasteiger partial charge in [-0.15, -0.1) is 6.58 Å². The number of nitrogens with two attached hydrogens (primary N) is 1. The van der Waals surface area contributed by atoms with E-state index in [1.54, 1.807) is 32.4 Å². The van der Waals surface area contributed by atoms with E-state index in [4.69, 9.17) is 15.2 Å². The first-order chi connectivity index (χ1) is 15.4. The molecule has 0 radical (unpaired) electrons. The summed E-state index contributed by atoms with van der Waals surface area (Å²) in [5, 5.41) is 2.98. The van der Waals surface area contributed by atoms with Gasteiger partial charge in [-0.25, -0.2) is 0 Å². The lowest BCUT2D eigenvalue weighted by Crippen LogP contribution is -2.38. The van der Waals surface area contributed by atoms with E-state index in [1.807, 2.05) is 24.3 Å². The maximum absolute atomic E-state index is 13.0. The van der Waals surface area contributed by atoms with Crippen molar-refractivity contribution in [1.29, 1.82) is 0 Å². The number of hydrogen-bond acceptors (Lipinski definition) is 5. The van der Waals surface area contributed by atoms with Crippen molar-refractivity contribution < 1.29 is 19.1 Å². The van der Waals surface area contributed by atoms with Gasteiger partial charge in [0.05, 0.1) is 14.2 Å². The molecule has 1 fully saturated rings. The van der Waals surface area contributed by atoms with Crippen molar-refractivity contribution in [2.24, 2.45) is 11.7 Å². The Morgan fingerprint density at radius 3 is 2.56 bits per heavy atom. The van der Waals surface area contributed by atoms with Crippen molar-refractivity contribution in [3.8, 4) is 11.5 Å². The molecular formula is C25H31N3O4. The zero-order chi connectivity index (χ0) is 23.1. The lowest BCUT2D eigenvalue weighted by molar-refractivity contribution is -0.123. The summed E-state index contributed by atoms with van der Waals surface area (Å²) in [4.78, 5) is 26.6. The minimum absolute atomic E-state index is 0.0238. The Labute approximate surface area is 189 Å². The first-order valence-electron chi connectivity index (χ1n) is 10.7. The first-order valence-corrected chi connectivity index (χ1v) is 10.7. The zero-order valence-corrected chi connectivity index (χ0v) is 18.7. The van der Waals surface area contributed by atoms with Crippen molar-refractivity contribution in [1.82, 2.24) is 4.90 Å². The van der Waals surface area contributed by atoms with Gasteiger partial charge in [0.25, 0.3) is 5.91 Å². The third-order valence-electron chi connectivity index (χ3n) is 5.76. The van der Waals surface area contributed by atoms with Gasteiger partial charge in [-0.3, -0.25) is 14.5 Å². The van der Waals surface area contributed by atoms with Crippen LogP contribution in [0.1, 0.15) is 34.3 Å². The van der Waals surface area contributed by atoms with Crippen LogP contribution in [0.25, 0.3) is 0 Å². The van der Waals surface area contributed by atoms with Gasteiger partial charge < -0.3 is 20.5 Å². The minimum atomic E-state index is -0.226. The summed E-state index contributed by atoms with van der Waals surface area (Å²) in [5.74, 6) is 0.650. The molecule has 2 amide bonds. The molecule has 0 atom stereocenters. The largest absolute Gasteiger partial charge is 0.493 e. The number of likely N-dealkylation sites (tertiary alicyclic amines) is 1. The first kappa shape index (κ1) is 23.3. The number of allylic oxidation sites excluding steroid dienone is 1. The van der Waals surface area contributed by atoms with Crippen LogP contribution >= 0.6 is 0 Å². The monoisotopic (exact) mass is 437 g/mol. The van der Waals surface area contributed by atoms with E-state index in [1.165, 1.54) is 0 Å². The summed E-state index contributed by atoms with van der Waals surface area (Å²) < 4.78 is 10.9.